The molecule has 0 aliphatic heterocycles. The van der Waals surface area contributed by atoms with Crippen LogP contribution in [0.4, 0.5) is 15.8 Å². The fraction of sp³-hybridized carbons (Fsp3) is 0.0714. The number of anilines is 2. The fourth-order valence-electron chi connectivity index (χ4n) is 1.80. The van der Waals surface area contributed by atoms with E-state index in [1.807, 2.05) is 0 Å². The maximum absolute atomic E-state index is 13.5. The van der Waals surface area contributed by atoms with E-state index in [1.165, 1.54) is 6.07 Å². The molecule has 19 heavy (non-hydrogen) atoms. The number of hydrogen-bond donors (Lipinski definition) is 3. The lowest BCUT2D eigenvalue weighted by Gasteiger charge is -2.13. The molecule has 0 bridgehead atoms. The zero-order valence-corrected chi connectivity index (χ0v) is 10.2. The van der Waals surface area contributed by atoms with Crippen molar-refractivity contribution in [2.24, 2.45) is 5.73 Å². The SMILES string of the molecule is NC(=O)c1cccc(N)c1NCc1ccccc1F. The van der Waals surface area contributed by atoms with Crippen LogP contribution in [0, 0.1) is 5.82 Å². The number of nitrogens with two attached hydrogens (primary N) is 2. The molecule has 2 rings (SSSR count). The van der Waals surface area contributed by atoms with Crippen molar-refractivity contribution in [1.29, 1.82) is 0 Å². The number of carbonyl (C=O) groups excluding carboxylic acids is 1. The van der Waals surface area contributed by atoms with E-state index in [2.05, 4.69) is 5.32 Å². The molecule has 0 atom stereocenters. The van der Waals surface area contributed by atoms with Crippen molar-refractivity contribution >= 4 is 17.3 Å². The number of nitrogen functional groups attached to an aromatic ring is 1. The Morgan fingerprint density at radius 2 is 1.89 bits per heavy atom. The minimum atomic E-state index is -0.580. The van der Waals surface area contributed by atoms with Crippen LogP contribution in [0.5, 0.6) is 0 Å². The van der Waals surface area contributed by atoms with Crippen LogP contribution >= 0.6 is 0 Å². The molecule has 0 fully saturated rings. The number of amides is 1. The Morgan fingerprint density at radius 3 is 2.58 bits per heavy atom. The molecule has 0 unspecified atom stereocenters. The van der Waals surface area contributed by atoms with Crippen molar-refractivity contribution in [2.45, 2.75) is 6.54 Å². The highest BCUT2D eigenvalue weighted by Gasteiger charge is 2.11. The van der Waals surface area contributed by atoms with E-state index in [0.29, 0.717) is 16.9 Å². The van der Waals surface area contributed by atoms with Crippen LogP contribution in [-0.2, 0) is 6.54 Å². The minimum Gasteiger partial charge on any atom is -0.397 e. The monoisotopic (exact) mass is 259 g/mol. The Balaban J connectivity index is 2.25. The van der Waals surface area contributed by atoms with Crippen molar-refractivity contribution in [2.75, 3.05) is 11.1 Å². The smallest absolute Gasteiger partial charge is 0.250 e. The summed E-state index contributed by atoms with van der Waals surface area (Å²) in [6.07, 6.45) is 0. The van der Waals surface area contributed by atoms with E-state index in [0.717, 1.165) is 0 Å². The average molecular weight is 259 g/mol. The van der Waals surface area contributed by atoms with E-state index >= 15 is 0 Å². The Bertz CT molecular complexity index is 613. The third-order valence-electron chi connectivity index (χ3n) is 2.78. The molecule has 0 aliphatic rings. The van der Waals surface area contributed by atoms with Crippen LogP contribution in [0.3, 0.4) is 0 Å². The molecule has 5 heteroatoms. The van der Waals surface area contributed by atoms with Gasteiger partial charge < -0.3 is 16.8 Å². The Morgan fingerprint density at radius 1 is 1.16 bits per heavy atom. The molecule has 0 aromatic heterocycles. The Labute approximate surface area is 110 Å². The van der Waals surface area contributed by atoms with Crippen LogP contribution in [0.2, 0.25) is 0 Å². The fourth-order valence-corrected chi connectivity index (χ4v) is 1.80. The highest BCUT2D eigenvalue weighted by molar-refractivity contribution is 6.01. The molecule has 98 valence electrons. The molecule has 0 saturated heterocycles. The number of rotatable bonds is 4. The van der Waals surface area contributed by atoms with Gasteiger partial charge in [-0.15, -0.1) is 0 Å². The van der Waals surface area contributed by atoms with Crippen LogP contribution < -0.4 is 16.8 Å². The van der Waals surface area contributed by atoms with Crippen LogP contribution in [-0.4, -0.2) is 5.91 Å². The molecule has 1 amide bonds. The predicted octanol–water partition coefficient (Wildman–Crippen LogP) is 2.12. The molecular weight excluding hydrogens is 245 g/mol. The minimum absolute atomic E-state index is 0.223. The first-order valence-corrected chi connectivity index (χ1v) is 5.75. The number of benzene rings is 2. The zero-order chi connectivity index (χ0) is 13.8. The van der Waals surface area contributed by atoms with Crippen molar-refractivity contribution in [3.05, 3.63) is 59.4 Å². The number of primary amides is 1. The van der Waals surface area contributed by atoms with Crippen LogP contribution in [0.1, 0.15) is 15.9 Å². The van der Waals surface area contributed by atoms with E-state index < -0.39 is 5.91 Å². The second-order valence-electron chi connectivity index (χ2n) is 4.08. The standard InChI is InChI=1S/C14H14FN3O/c15-11-6-2-1-4-9(11)8-18-13-10(14(17)19)5-3-7-12(13)16/h1-7,18H,8,16H2,(H2,17,19). The normalized spacial score (nSPS) is 10.2. The lowest BCUT2D eigenvalue weighted by Crippen LogP contribution is -2.15. The first kappa shape index (κ1) is 12.9. The van der Waals surface area contributed by atoms with Crippen molar-refractivity contribution in [3.63, 3.8) is 0 Å². The topological polar surface area (TPSA) is 81.1 Å². The molecule has 0 saturated carbocycles. The number of halogens is 1. The van der Waals surface area contributed by atoms with Gasteiger partial charge in [0.2, 0.25) is 0 Å². The molecule has 2 aromatic rings. The van der Waals surface area contributed by atoms with E-state index in [1.54, 1.807) is 36.4 Å². The summed E-state index contributed by atoms with van der Waals surface area (Å²) in [4.78, 5) is 11.3. The van der Waals surface area contributed by atoms with E-state index in [4.69, 9.17) is 11.5 Å². The summed E-state index contributed by atoms with van der Waals surface area (Å²) in [5.74, 6) is -0.895. The van der Waals surface area contributed by atoms with Crippen molar-refractivity contribution in [1.82, 2.24) is 0 Å². The van der Waals surface area contributed by atoms with Gasteiger partial charge in [-0.3, -0.25) is 4.79 Å². The van der Waals surface area contributed by atoms with Gasteiger partial charge in [-0.1, -0.05) is 24.3 Å². The lowest BCUT2D eigenvalue weighted by molar-refractivity contribution is 0.100. The summed E-state index contributed by atoms with van der Waals surface area (Å²) < 4.78 is 13.5. The molecule has 0 radical (unpaired) electrons. The van der Waals surface area contributed by atoms with Gasteiger partial charge in [0.1, 0.15) is 5.82 Å². The summed E-state index contributed by atoms with van der Waals surface area (Å²) >= 11 is 0. The quantitative estimate of drug-likeness (QED) is 0.736. The number of para-hydroxylation sites is 1. The highest BCUT2D eigenvalue weighted by atomic mass is 19.1. The largest absolute Gasteiger partial charge is 0.397 e. The lowest BCUT2D eigenvalue weighted by atomic mass is 10.1. The van der Waals surface area contributed by atoms with E-state index in [9.17, 15) is 9.18 Å². The molecular formula is C14H14FN3O. The van der Waals surface area contributed by atoms with Gasteiger partial charge in [0.25, 0.3) is 5.91 Å². The first-order valence-electron chi connectivity index (χ1n) is 5.75. The molecule has 0 spiro atoms. The predicted molar refractivity (Wildman–Crippen MR) is 73.1 cm³/mol. The number of carbonyl (C=O) groups is 1. The second kappa shape index (κ2) is 5.39. The zero-order valence-electron chi connectivity index (χ0n) is 10.2. The molecule has 0 aliphatic carbocycles. The summed E-state index contributed by atoms with van der Waals surface area (Å²) in [5, 5.41) is 2.95. The van der Waals surface area contributed by atoms with E-state index in [-0.39, 0.29) is 17.9 Å². The van der Waals surface area contributed by atoms with Gasteiger partial charge in [-0.2, -0.15) is 0 Å². The maximum Gasteiger partial charge on any atom is 0.250 e. The molecule has 5 N–H and O–H groups in total. The van der Waals surface area contributed by atoms with Crippen molar-refractivity contribution < 1.29 is 9.18 Å². The summed E-state index contributed by atoms with van der Waals surface area (Å²) in [6.45, 7) is 0.223. The third-order valence-corrected chi connectivity index (χ3v) is 2.78. The summed E-state index contributed by atoms with van der Waals surface area (Å²) in [5.41, 5.74) is 12.7. The highest BCUT2D eigenvalue weighted by Crippen LogP contribution is 2.24. The Kier molecular flexibility index (Phi) is 3.66. The molecule has 2 aromatic carbocycles. The van der Waals surface area contributed by atoms with Gasteiger partial charge >= 0.3 is 0 Å². The second-order valence-corrected chi connectivity index (χ2v) is 4.08. The molecule has 0 heterocycles. The maximum atomic E-state index is 13.5. The average Bonchev–Trinajstić information content (AvgIpc) is 2.38. The van der Waals surface area contributed by atoms with Gasteiger partial charge in [0, 0.05) is 12.1 Å². The van der Waals surface area contributed by atoms with Gasteiger partial charge in [-0.05, 0) is 18.2 Å². The molecule has 4 nitrogen and oxygen atoms in total. The van der Waals surface area contributed by atoms with Gasteiger partial charge in [0.15, 0.2) is 0 Å². The van der Waals surface area contributed by atoms with Gasteiger partial charge in [-0.25, -0.2) is 4.39 Å². The van der Waals surface area contributed by atoms with Crippen molar-refractivity contribution in [3.8, 4) is 0 Å². The summed E-state index contributed by atoms with van der Waals surface area (Å²) in [7, 11) is 0. The van der Waals surface area contributed by atoms with Crippen LogP contribution in [0.25, 0.3) is 0 Å². The third kappa shape index (κ3) is 2.82. The Hall–Kier alpha value is -2.56. The summed E-state index contributed by atoms with van der Waals surface area (Å²) in [6, 6.07) is 11.3. The number of nitrogens with one attached hydrogen (secondary N) is 1. The first-order chi connectivity index (χ1) is 9.09. The van der Waals surface area contributed by atoms with Gasteiger partial charge in [0.05, 0.1) is 16.9 Å². The number of hydrogen-bond acceptors (Lipinski definition) is 3. The van der Waals surface area contributed by atoms with Crippen LogP contribution in [0.15, 0.2) is 42.5 Å².